The van der Waals surface area contributed by atoms with E-state index >= 15 is 0 Å². The maximum Gasteiger partial charge on any atom is 0.226 e. The Hall–Kier alpha value is -2.24. The van der Waals surface area contributed by atoms with Gasteiger partial charge in [-0.05, 0) is 68.1 Å². The predicted molar refractivity (Wildman–Crippen MR) is 95.9 cm³/mol. The highest BCUT2D eigenvalue weighted by atomic mass is 16.2. The van der Waals surface area contributed by atoms with Crippen LogP contribution in [0.1, 0.15) is 49.9 Å². The molecule has 0 saturated heterocycles. The molecule has 1 heterocycles. The van der Waals surface area contributed by atoms with Crippen molar-refractivity contribution < 1.29 is 4.79 Å². The van der Waals surface area contributed by atoms with Gasteiger partial charge in [0.2, 0.25) is 5.91 Å². The van der Waals surface area contributed by atoms with Crippen LogP contribution in [0.15, 0.2) is 30.3 Å². The van der Waals surface area contributed by atoms with Crippen LogP contribution in [0.5, 0.6) is 0 Å². The second-order valence-corrected chi connectivity index (χ2v) is 8.76. The molecule has 4 aliphatic rings. The molecule has 2 atom stereocenters. The van der Waals surface area contributed by atoms with Gasteiger partial charge in [0.15, 0.2) is 5.82 Å². The van der Waals surface area contributed by atoms with Gasteiger partial charge in [-0.2, -0.15) is 4.80 Å². The number of carbonyl (C=O) groups excluding carboxylic acids is 1. The first-order valence-electron chi connectivity index (χ1n) is 9.66. The van der Waals surface area contributed by atoms with Crippen LogP contribution in [0, 0.1) is 24.2 Å². The van der Waals surface area contributed by atoms with E-state index in [1.165, 1.54) is 6.42 Å². The van der Waals surface area contributed by atoms with Crippen LogP contribution in [0.25, 0.3) is 0 Å². The van der Waals surface area contributed by atoms with Gasteiger partial charge < -0.3 is 5.32 Å². The van der Waals surface area contributed by atoms with Crippen LogP contribution in [0.4, 0.5) is 0 Å². The molecule has 1 aromatic heterocycles. The van der Waals surface area contributed by atoms with E-state index in [0.717, 1.165) is 37.7 Å². The third-order valence-corrected chi connectivity index (χ3v) is 6.75. The largest absolute Gasteiger partial charge is 0.352 e. The second kappa shape index (κ2) is 5.63. The van der Waals surface area contributed by atoms with Crippen LogP contribution in [0.3, 0.4) is 0 Å². The van der Waals surface area contributed by atoms with Crippen molar-refractivity contribution in [2.75, 3.05) is 0 Å². The van der Waals surface area contributed by atoms with Crippen molar-refractivity contribution in [2.45, 2.75) is 57.5 Å². The van der Waals surface area contributed by atoms with Gasteiger partial charge in [-0.15, -0.1) is 10.2 Å². The zero-order chi connectivity index (χ0) is 17.8. The Balaban J connectivity index is 1.40. The van der Waals surface area contributed by atoms with Crippen LogP contribution in [-0.4, -0.2) is 26.1 Å². The molecule has 4 fully saturated rings. The summed E-state index contributed by atoms with van der Waals surface area (Å²) in [7, 11) is 0. The summed E-state index contributed by atoms with van der Waals surface area (Å²) in [4.78, 5) is 15.1. The number of hydrogen-bond acceptors (Lipinski definition) is 4. The molecule has 26 heavy (non-hydrogen) atoms. The van der Waals surface area contributed by atoms with Crippen LogP contribution in [0.2, 0.25) is 0 Å². The molecular weight excluding hydrogens is 326 g/mol. The monoisotopic (exact) mass is 351 g/mol. The fraction of sp³-hybridized carbons (Fsp3) is 0.600. The van der Waals surface area contributed by atoms with Crippen molar-refractivity contribution in [1.82, 2.24) is 25.5 Å². The summed E-state index contributed by atoms with van der Waals surface area (Å²) in [6.07, 6.45) is 6.31. The van der Waals surface area contributed by atoms with Gasteiger partial charge in [-0.1, -0.05) is 30.3 Å². The second-order valence-electron chi connectivity index (χ2n) is 8.76. The van der Waals surface area contributed by atoms with E-state index in [1.807, 2.05) is 29.9 Å². The average Bonchev–Trinajstić information content (AvgIpc) is 3.07. The third-order valence-electron chi connectivity index (χ3n) is 6.75. The Bertz CT molecular complexity index is 816. The SMILES string of the molecule is Cc1nnn(C23C[C@H]4C[C@@H](CC(C(=O)NCc5ccccc5)(C4)C2)C3)n1. The number of aromatic nitrogens is 4. The van der Waals surface area contributed by atoms with Gasteiger partial charge >= 0.3 is 0 Å². The fourth-order valence-corrected chi connectivity index (χ4v) is 6.16. The van der Waals surface area contributed by atoms with E-state index in [2.05, 4.69) is 32.9 Å². The maximum atomic E-state index is 13.3. The summed E-state index contributed by atoms with van der Waals surface area (Å²) in [6.45, 7) is 2.48. The Labute approximate surface area is 153 Å². The molecule has 6 rings (SSSR count). The van der Waals surface area contributed by atoms with E-state index in [1.54, 1.807) is 0 Å². The van der Waals surface area contributed by atoms with Crippen LogP contribution < -0.4 is 5.32 Å². The predicted octanol–water partition coefficient (Wildman–Crippen LogP) is 2.59. The lowest BCUT2D eigenvalue weighted by Gasteiger charge is -2.60. The number of carbonyl (C=O) groups is 1. The van der Waals surface area contributed by atoms with Crippen molar-refractivity contribution in [2.24, 2.45) is 17.3 Å². The van der Waals surface area contributed by atoms with Crippen LogP contribution in [-0.2, 0) is 16.9 Å². The molecule has 4 saturated carbocycles. The molecule has 4 aliphatic carbocycles. The lowest BCUT2D eigenvalue weighted by atomic mass is 9.46. The minimum Gasteiger partial charge on any atom is -0.352 e. The molecule has 0 aliphatic heterocycles. The number of aryl methyl sites for hydroxylation is 1. The first-order chi connectivity index (χ1) is 12.6. The summed E-state index contributed by atoms with van der Waals surface area (Å²) in [6, 6.07) is 10.1. The molecule has 136 valence electrons. The van der Waals surface area contributed by atoms with E-state index in [9.17, 15) is 4.79 Å². The van der Waals surface area contributed by atoms with Gasteiger partial charge in [0, 0.05) is 6.54 Å². The molecule has 1 N–H and O–H groups in total. The highest BCUT2D eigenvalue weighted by molar-refractivity contribution is 5.83. The third kappa shape index (κ3) is 2.46. The first-order valence-corrected chi connectivity index (χ1v) is 9.66. The van der Waals surface area contributed by atoms with Gasteiger partial charge in [-0.25, -0.2) is 0 Å². The minimum atomic E-state index is -0.263. The van der Waals surface area contributed by atoms with Gasteiger partial charge in [0.1, 0.15) is 0 Å². The van der Waals surface area contributed by atoms with Crippen molar-refractivity contribution >= 4 is 5.91 Å². The van der Waals surface area contributed by atoms with E-state index in [-0.39, 0.29) is 16.9 Å². The Morgan fingerprint density at radius 3 is 2.58 bits per heavy atom. The quantitative estimate of drug-likeness (QED) is 0.919. The summed E-state index contributed by atoms with van der Waals surface area (Å²) in [5.74, 6) is 2.13. The molecule has 1 amide bonds. The van der Waals surface area contributed by atoms with Crippen molar-refractivity contribution in [3.63, 3.8) is 0 Å². The van der Waals surface area contributed by atoms with Gasteiger partial charge in [0.25, 0.3) is 0 Å². The Kier molecular flexibility index (Phi) is 3.46. The highest BCUT2D eigenvalue weighted by Gasteiger charge is 2.62. The van der Waals surface area contributed by atoms with Gasteiger partial charge in [-0.3, -0.25) is 4.79 Å². The zero-order valence-electron chi connectivity index (χ0n) is 15.2. The summed E-state index contributed by atoms with van der Waals surface area (Å²) in [5.41, 5.74) is 0.768. The zero-order valence-corrected chi connectivity index (χ0v) is 15.2. The van der Waals surface area contributed by atoms with Gasteiger partial charge in [0.05, 0.1) is 11.0 Å². The molecular formula is C20H25N5O. The minimum absolute atomic E-state index is 0.116. The molecule has 0 radical (unpaired) electrons. The Morgan fingerprint density at radius 1 is 1.19 bits per heavy atom. The topological polar surface area (TPSA) is 72.7 Å². The van der Waals surface area contributed by atoms with E-state index in [0.29, 0.717) is 24.2 Å². The molecule has 1 aromatic carbocycles. The first kappa shape index (κ1) is 16.0. The number of tetrazole rings is 1. The summed E-state index contributed by atoms with van der Waals surface area (Å²) >= 11 is 0. The molecule has 4 bridgehead atoms. The molecule has 6 nitrogen and oxygen atoms in total. The normalized spacial score (nSPS) is 34.8. The summed E-state index contributed by atoms with van der Waals surface area (Å²) < 4.78 is 0. The van der Waals surface area contributed by atoms with E-state index in [4.69, 9.17) is 0 Å². The van der Waals surface area contributed by atoms with Crippen molar-refractivity contribution in [3.05, 3.63) is 41.7 Å². The molecule has 0 unspecified atom stereocenters. The standard InChI is InChI=1S/C20H25N5O/c1-14-22-24-25(23-14)20-10-16-7-17(11-20)9-19(8-16,13-20)18(26)21-12-15-5-3-2-4-6-15/h2-6,16-17H,7-13H2,1H3,(H,21,26)/t16-,17-,19?,20?/m0/s1. The molecule has 0 spiro atoms. The fourth-order valence-electron chi connectivity index (χ4n) is 6.16. The number of nitrogens with zero attached hydrogens (tertiary/aromatic N) is 4. The van der Waals surface area contributed by atoms with Crippen molar-refractivity contribution in [3.8, 4) is 0 Å². The number of hydrogen-bond donors (Lipinski definition) is 1. The number of benzene rings is 1. The lowest BCUT2D eigenvalue weighted by molar-refractivity contribution is -0.157. The lowest BCUT2D eigenvalue weighted by Crippen LogP contribution is -2.61. The number of amides is 1. The van der Waals surface area contributed by atoms with Crippen LogP contribution >= 0.6 is 0 Å². The van der Waals surface area contributed by atoms with E-state index < -0.39 is 0 Å². The molecule has 6 heteroatoms. The summed E-state index contributed by atoms with van der Waals surface area (Å²) in [5, 5.41) is 16.2. The maximum absolute atomic E-state index is 13.3. The van der Waals surface area contributed by atoms with Crippen molar-refractivity contribution in [1.29, 1.82) is 0 Å². The smallest absolute Gasteiger partial charge is 0.226 e. The Morgan fingerprint density at radius 2 is 1.92 bits per heavy atom. The number of nitrogens with one attached hydrogen (secondary N) is 1. The molecule has 2 aromatic rings. The number of rotatable bonds is 4. The highest BCUT2D eigenvalue weighted by Crippen LogP contribution is 2.63. The average molecular weight is 351 g/mol.